The fraction of sp³-hybridized carbons (Fsp3) is 0.0952. The van der Waals surface area contributed by atoms with Crippen molar-refractivity contribution in [2.45, 2.75) is 13.3 Å². The van der Waals surface area contributed by atoms with Crippen molar-refractivity contribution in [1.29, 1.82) is 0 Å². The van der Waals surface area contributed by atoms with Gasteiger partial charge in [-0.15, -0.1) is 0 Å². The van der Waals surface area contributed by atoms with Crippen molar-refractivity contribution in [2.24, 2.45) is 0 Å². The summed E-state index contributed by atoms with van der Waals surface area (Å²) in [4.78, 5) is 9.37. The average molecular weight is 306 g/mol. The van der Waals surface area contributed by atoms with Crippen molar-refractivity contribution in [1.82, 2.24) is 0 Å². The van der Waals surface area contributed by atoms with Crippen LogP contribution in [-0.4, -0.2) is 11.1 Å². The summed E-state index contributed by atoms with van der Waals surface area (Å²) in [5.41, 5.74) is 2.43. The molecule has 0 amide bonds. The second-order valence-corrected chi connectivity index (χ2v) is 4.67. The topological polar surface area (TPSA) is 37.3 Å². The van der Waals surface area contributed by atoms with Crippen LogP contribution < -0.4 is 0 Å². The van der Waals surface area contributed by atoms with Crippen LogP contribution in [0.1, 0.15) is 24.5 Å². The molecule has 118 valence electrons. The minimum Gasteiger partial charge on any atom is -0.481 e. The van der Waals surface area contributed by atoms with Gasteiger partial charge in [0.15, 0.2) is 0 Å². The smallest absolute Gasteiger partial charge is 0.303 e. The van der Waals surface area contributed by atoms with E-state index in [4.69, 9.17) is 5.11 Å². The molecule has 23 heavy (non-hydrogen) atoms. The SMILES string of the molecule is C(=C\C=C\c1ccccc1)/C=C/c1ccccc1.CCC(=O)O. The van der Waals surface area contributed by atoms with Gasteiger partial charge in [-0.2, -0.15) is 0 Å². The molecule has 2 aromatic carbocycles. The van der Waals surface area contributed by atoms with E-state index in [1.165, 1.54) is 11.1 Å². The van der Waals surface area contributed by atoms with E-state index < -0.39 is 5.97 Å². The Morgan fingerprint density at radius 1 is 0.783 bits per heavy atom. The lowest BCUT2D eigenvalue weighted by Crippen LogP contribution is -1.86. The second kappa shape index (κ2) is 11.8. The maximum Gasteiger partial charge on any atom is 0.303 e. The van der Waals surface area contributed by atoms with E-state index in [0.717, 1.165) is 0 Å². The summed E-state index contributed by atoms with van der Waals surface area (Å²) < 4.78 is 0. The highest BCUT2D eigenvalue weighted by Crippen LogP contribution is 2.02. The monoisotopic (exact) mass is 306 g/mol. The zero-order chi connectivity index (χ0) is 16.8. The number of hydrogen-bond acceptors (Lipinski definition) is 1. The van der Waals surface area contributed by atoms with Crippen molar-refractivity contribution in [3.05, 3.63) is 96.1 Å². The molecule has 0 spiro atoms. The predicted octanol–water partition coefficient (Wildman–Crippen LogP) is 5.45. The molecule has 0 unspecified atom stereocenters. The first-order chi connectivity index (χ1) is 11.2. The summed E-state index contributed by atoms with van der Waals surface area (Å²) in [5, 5.41) is 7.72. The Morgan fingerprint density at radius 2 is 1.13 bits per heavy atom. The molecule has 0 bridgehead atoms. The third kappa shape index (κ3) is 9.64. The molecule has 2 heteroatoms. The minimum atomic E-state index is -0.745. The van der Waals surface area contributed by atoms with Crippen LogP contribution in [0.15, 0.2) is 85.0 Å². The largest absolute Gasteiger partial charge is 0.481 e. The van der Waals surface area contributed by atoms with Gasteiger partial charge in [0.25, 0.3) is 0 Å². The summed E-state index contributed by atoms with van der Waals surface area (Å²) in [7, 11) is 0. The molecule has 0 atom stereocenters. The Morgan fingerprint density at radius 3 is 1.43 bits per heavy atom. The van der Waals surface area contributed by atoms with Crippen LogP contribution in [0.4, 0.5) is 0 Å². The van der Waals surface area contributed by atoms with Gasteiger partial charge < -0.3 is 5.11 Å². The summed E-state index contributed by atoms with van der Waals surface area (Å²) >= 11 is 0. The Balaban J connectivity index is 0.000000463. The minimum absolute atomic E-state index is 0.222. The molecule has 0 fully saturated rings. The number of hydrogen-bond donors (Lipinski definition) is 1. The normalized spacial score (nSPS) is 10.8. The molecule has 2 aromatic rings. The van der Waals surface area contributed by atoms with Crippen LogP contribution in [0.2, 0.25) is 0 Å². The highest BCUT2D eigenvalue weighted by atomic mass is 16.4. The number of rotatable bonds is 5. The molecule has 2 rings (SSSR count). The van der Waals surface area contributed by atoms with Crippen LogP contribution in [0.5, 0.6) is 0 Å². The van der Waals surface area contributed by atoms with Gasteiger partial charge in [-0.3, -0.25) is 4.79 Å². The zero-order valence-corrected chi connectivity index (χ0v) is 13.3. The van der Waals surface area contributed by atoms with Gasteiger partial charge in [-0.1, -0.05) is 104 Å². The average Bonchev–Trinajstić information content (AvgIpc) is 2.60. The summed E-state index contributed by atoms with van der Waals surface area (Å²) in [5.74, 6) is -0.745. The molecule has 0 aliphatic heterocycles. The summed E-state index contributed by atoms with van der Waals surface area (Å²) in [6.45, 7) is 1.60. The maximum atomic E-state index is 9.37. The summed E-state index contributed by atoms with van der Waals surface area (Å²) in [6, 6.07) is 20.6. The van der Waals surface area contributed by atoms with Gasteiger partial charge in [0.05, 0.1) is 0 Å². The number of allylic oxidation sites excluding steroid dienone is 4. The van der Waals surface area contributed by atoms with Gasteiger partial charge in [0, 0.05) is 6.42 Å². The van der Waals surface area contributed by atoms with E-state index >= 15 is 0 Å². The standard InChI is InChI=1S/C18H16.C3H6O2/c1(5-11-17-13-7-3-8-14-17)2-6-12-18-15-9-4-10-16-18;1-2-3(4)5/h1-16H;2H2,1H3,(H,4,5)/b2-1+,11-5+,12-6+;. The highest BCUT2D eigenvalue weighted by molar-refractivity contribution is 5.66. The van der Waals surface area contributed by atoms with Gasteiger partial charge in [0.1, 0.15) is 0 Å². The zero-order valence-electron chi connectivity index (χ0n) is 13.3. The van der Waals surface area contributed by atoms with Gasteiger partial charge in [0.2, 0.25) is 0 Å². The van der Waals surface area contributed by atoms with E-state index in [9.17, 15) is 4.79 Å². The van der Waals surface area contributed by atoms with Crippen LogP contribution in [0.3, 0.4) is 0 Å². The van der Waals surface area contributed by atoms with E-state index in [1.807, 2.05) is 60.7 Å². The molecule has 0 saturated heterocycles. The molecule has 0 radical (unpaired) electrons. The van der Waals surface area contributed by atoms with E-state index in [2.05, 4.69) is 36.4 Å². The number of benzene rings is 2. The number of aliphatic carboxylic acids is 1. The first-order valence-electron chi connectivity index (χ1n) is 7.55. The number of carboxylic acid groups (broad SMARTS) is 1. The maximum absolute atomic E-state index is 9.37. The first-order valence-corrected chi connectivity index (χ1v) is 7.55. The molecule has 0 aromatic heterocycles. The predicted molar refractivity (Wildman–Crippen MR) is 98.0 cm³/mol. The van der Waals surface area contributed by atoms with Crippen LogP contribution in [0, 0.1) is 0 Å². The van der Waals surface area contributed by atoms with Crippen LogP contribution in [0.25, 0.3) is 12.2 Å². The number of carbonyl (C=O) groups is 1. The third-order valence-electron chi connectivity index (χ3n) is 2.81. The Bertz CT molecular complexity index is 587. The van der Waals surface area contributed by atoms with E-state index in [0.29, 0.717) is 0 Å². The quantitative estimate of drug-likeness (QED) is 0.746. The molecule has 0 aliphatic rings. The van der Waals surface area contributed by atoms with E-state index in [-0.39, 0.29) is 6.42 Å². The number of carboxylic acids is 1. The van der Waals surface area contributed by atoms with Gasteiger partial charge in [-0.05, 0) is 11.1 Å². The van der Waals surface area contributed by atoms with Crippen molar-refractivity contribution < 1.29 is 9.90 Å². The Hall–Kier alpha value is -2.87. The first kappa shape index (κ1) is 18.2. The molecular formula is C21H22O2. The second-order valence-electron chi connectivity index (χ2n) is 4.67. The molecular weight excluding hydrogens is 284 g/mol. The van der Waals surface area contributed by atoms with Crippen molar-refractivity contribution >= 4 is 18.1 Å². The molecule has 1 N–H and O–H groups in total. The lowest BCUT2D eigenvalue weighted by atomic mass is 10.2. The Labute approximate surface area is 138 Å². The van der Waals surface area contributed by atoms with Crippen molar-refractivity contribution in [3.8, 4) is 0 Å². The third-order valence-corrected chi connectivity index (χ3v) is 2.81. The van der Waals surface area contributed by atoms with Crippen molar-refractivity contribution in [3.63, 3.8) is 0 Å². The van der Waals surface area contributed by atoms with Crippen LogP contribution in [-0.2, 0) is 4.79 Å². The van der Waals surface area contributed by atoms with Gasteiger partial charge >= 0.3 is 5.97 Å². The molecule has 0 aliphatic carbocycles. The molecule has 0 saturated carbocycles. The summed E-state index contributed by atoms with van der Waals surface area (Å²) in [6.07, 6.45) is 12.6. The highest BCUT2D eigenvalue weighted by Gasteiger charge is 1.81. The molecule has 0 heterocycles. The van der Waals surface area contributed by atoms with Gasteiger partial charge in [-0.25, -0.2) is 0 Å². The molecule has 2 nitrogen and oxygen atoms in total. The lowest BCUT2D eigenvalue weighted by molar-refractivity contribution is -0.136. The van der Waals surface area contributed by atoms with Crippen molar-refractivity contribution in [2.75, 3.05) is 0 Å². The Kier molecular flexibility index (Phi) is 9.29. The lowest BCUT2D eigenvalue weighted by Gasteiger charge is -1.89. The fourth-order valence-electron chi connectivity index (χ4n) is 1.59. The fourth-order valence-corrected chi connectivity index (χ4v) is 1.59. The van der Waals surface area contributed by atoms with Crippen LogP contribution >= 0.6 is 0 Å². The van der Waals surface area contributed by atoms with E-state index in [1.54, 1.807) is 6.92 Å².